The van der Waals surface area contributed by atoms with Gasteiger partial charge in [0, 0.05) is 0 Å². The third kappa shape index (κ3) is 4.02. The summed E-state index contributed by atoms with van der Waals surface area (Å²) in [6, 6.07) is 6.30. The van der Waals surface area contributed by atoms with Gasteiger partial charge in [-0.15, -0.1) is 0 Å². The van der Waals surface area contributed by atoms with Gasteiger partial charge >= 0.3 is 0 Å². The van der Waals surface area contributed by atoms with Crippen LogP contribution in [0.3, 0.4) is 0 Å². The van der Waals surface area contributed by atoms with Gasteiger partial charge in [0.2, 0.25) is 0 Å². The summed E-state index contributed by atoms with van der Waals surface area (Å²) in [4.78, 5) is 0.0460. The van der Waals surface area contributed by atoms with E-state index in [0.717, 1.165) is 5.56 Å². The molecule has 1 aliphatic rings. The van der Waals surface area contributed by atoms with Gasteiger partial charge in [-0.25, -0.2) is 0 Å². The van der Waals surface area contributed by atoms with Crippen LogP contribution in [0.4, 0.5) is 0 Å². The first-order valence-electron chi connectivity index (χ1n) is 6.66. The number of ether oxygens (including phenoxy) is 2. The second kappa shape index (κ2) is 6.02. The summed E-state index contributed by atoms with van der Waals surface area (Å²) in [7, 11) is -3.96. The fourth-order valence-corrected chi connectivity index (χ4v) is 3.12. The molecule has 21 heavy (non-hydrogen) atoms. The molecule has 0 aliphatic carbocycles. The molecule has 7 heteroatoms. The molecule has 1 fully saturated rings. The van der Waals surface area contributed by atoms with E-state index >= 15 is 0 Å². The van der Waals surface area contributed by atoms with E-state index in [1.165, 1.54) is 12.1 Å². The van der Waals surface area contributed by atoms with Gasteiger partial charge in [-0.1, -0.05) is 17.7 Å². The average Bonchev–Trinajstić information content (AvgIpc) is 2.77. The number of benzene rings is 1. The lowest BCUT2D eigenvalue weighted by molar-refractivity contribution is -0.151. The molecule has 2 atom stereocenters. The van der Waals surface area contributed by atoms with Gasteiger partial charge in [0.1, 0.15) is 12.2 Å². The Labute approximate surface area is 124 Å². The third-order valence-corrected chi connectivity index (χ3v) is 4.54. The Morgan fingerprint density at radius 3 is 2.48 bits per heavy atom. The van der Waals surface area contributed by atoms with Crippen LogP contribution in [0.1, 0.15) is 19.4 Å². The number of hydrogen-bond donors (Lipinski definition) is 1. The highest BCUT2D eigenvalue weighted by atomic mass is 32.2. The summed E-state index contributed by atoms with van der Waals surface area (Å²) in [5.74, 6) is -0.810. The van der Waals surface area contributed by atoms with Gasteiger partial charge < -0.3 is 14.6 Å². The summed E-state index contributed by atoms with van der Waals surface area (Å²) in [5.41, 5.74) is 0.946. The van der Waals surface area contributed by atoms with Crippen molar-refractivity contribution in [3.63, 3.8) is 0 Å². The monoisotopic (exact) mass is 316 g/mol. The largest absolute Gasteiger partial charge is 0.394 e. The van der Waals surface area contributed by atoms with Crippen LogP contribution < -0.4 is 0 Å². The van der Waals surface area contributed by atoms with Crippen molar-refractivity contribution in [2.45, 2.75) is 43.7 Å². The van der Waals surface area contributed by atoms with E-state index in [1.807, 2.05) is 6.92 Å². The van der Waals surface area contributed by atoms with Gasteiger partial charge in [-0.3, -0.25) is 4.18 Å². The number of hydrogen-bond acceptors (Lipinski definition) is 6. The maximum atomic E-state index is 12.2. The Morgan fingerprint density at radius 1 is 1.38 bits per heavy atom. The molecule has 2 rings (SSSR count). The van der Waals surface area contributed by atoms with Crippen LogP contribution in [-0.4, -0.2) is 44.7 Å². The van der Waals surface area contributed by atoms with Crippen molar-refractivity contribution in [1.82, 2.24) is 0 Å². The molecule has 0 bridgehead atoms. The number of aryl methyl sites for hydroxylation is 1. The van der Waals surface area contributed by atoms with Gasteiger partial charge in [0.25, 0.3) is 10.1 Å². The quantitative estimate of drug-likeness (QED) is 0.822. The van der Waals surface area contributed by atoms with Crippen LogP contribution in [0.25, 0.3) is 0 Å². The van der Waals surface area contributed by atoms with Crippen LogP contribution in [0.15, 0.2) is 29.2 Å². The Hall–Kier alpha value is -0.990. The number of aliphatic hydroxyl groups is 1. The van der Waals surface area contributed by atoms with E-state index in [4.69, 9.17) is 13.7 Å². The SMILES string of the molecule is Cc1ccc(S(=O)(=O)O[C@@H](CO)[C@@H]2COC(C)(C)O2)cc1. The molecule has 0 saturated carbocycles. The standard InChI is InChI=1S/C14H20O6S/c1-10-4-6-11(7-5-10)21(16,17)20-12(8-15)13-9-18-14(2,3)19-13/h4-7,12-13,15H,8-9H2,1-3H3/t12-,13-/m0/s1. The maximum absolute atomic E-state index is 12.2. The fraction of sp³-hybridized carbons (Fsp3) is 0.571. The third-order valence-electron chi connectivity index (χ3n) is 3.18. The highest BCUT2D eigenvalue weighted by molar-refractivity contribution is 7.86. The van der Waals surface area contributed by atoms with Crippen molar-refractivity contribution >= 4 is 10.1 Å². The predicted octanol–water partition coefficient (Wildman–Crippen LogP) is 1.21. The zero-order valence-electron chi connectivity index (χ0n) is 12.3. The Morgan fingerprint density at radius 2 is 2.00 bits per heavy atom. The van der Waals surface area contributed by atoms with Crippen LogP contribution in [-0.2, 0) is 23.8 Å². The average molecular weight is 316 g/mol. The summed E-state index contributed by atoms with van der Waals surface area (Å²) in [5, 5.41) is 9.39. The molecule has 1 aromatic carbocycles. The first-order chi connectivity index (χ1) is 9.73. The van der Waals surface area contributed by atoms with Crippen molar-refractivity contribution in [3.05, 3.63) is 29.8 Å². The highest BCUT2D eigenvalue weighted by Crippen LogP contribution is 2.27. The van der Waals surface area contributed by atoms with Crippen molar-refractivity contribution < 1.29 is 27.2 Å². The molecule has 0 amide bonds. The maximum Gasteiger partial charge on any atom is 0.297 e. The number of aliphatic hydroxyl groups excluding tert-OH is 1. The van der Waals surface area contributed by atoms with Crippen molar-refractivity contribution in [3.8, 4) is 0 Å². The second-order valence-corrected chi connectivity index (χ2v) is 7.02. The van der Waals surface area contributed by atoms with E-state index in [0.29, 0.717) is 0 Å². The lowest BCUT2D eigenvalue weighted by atomic mass is 10.2. The van der Waals surface area contributed by atoms with Crippen LogP contribution in [0, 0.1) is 6.92 Å². The van der Waals surface area contributed by atoms with Gasteiger partial charge in [0.05, 0.1) is 18.1 Å². The first-order valence-corrected chi connectivity index (χ1v) is 8.07. The Bertz CT molecular complexity index is 578. The van der Waals surface area contributed by atoms with Crippen molar-refractivity contribution in [1.29, 1.82) is 0 Å². The highest BCUT2D eigenvalue weighted by Gasteiger charge is 2.39. The number of rotatable bonds is 5. The molecular weight excluding hydrogens is 296 g/mol. The molecule has 1 aromatic rings. The molecule has 1 N–H and O–H groups in total. The van der Waals surface area contributed by atoms with E-state index in [9.17, 15) is 13.5 Å². The molecular formula is C14H20O6S. The summed E-state index contributed by atoms with van der Waals surface area (Å²) >= 11 is 0. The molecule has 1 saturated heterocycles. The van der Waals surface area contributed by atoms with Crippen LogP contribution in [0.5, 0.6) is 0 Å². The molecule has 0 aromatic heterocycles. The van der Waals surface area contributed by atoms with E-state index < -0.39 is 34.7 Å². The minimum atomic E-state index is -3.96. The Kier molecular flexibility index (Phi) is 4.69. The topological polar surface area (TPSA) is 82.1 Å². The van der Waals surface area contributed by atoms with Crippen LogP contribution >= 0.6 is 0 Å². The molecule has 6 nitrogen and oxygen atoms in total. The minimum absolute atomic E-state index is 0.0460. The summed E-state index contributed by atoms with van der Waals surface area (Å²) < 4.78 is 40.4. The molecule has 0 spiro atoms. The molecule has 1 aliphatic heterocycles. The normalized spacial score (nSPS) is 23.1. The molecule has 1 heterocycles. The molecule has 0 radical (unpaired) electrons. The van der Waals surface area contributed by atoms with Gasteiger partial charge in [-0.05, 0) is 32.9 Å². The van der Waals surface area contributed by atoms with Crippen LogP contribution in [0.2, 0.25) is 0 Å². The fourth-order valence-electron chi connectivity index (χ4n) is 2.03. The zero-order chi connectivity index (χ0) is 15.7. The van der Waals surface area contributed by atoms with Crippen molar-refractivity contribution in [2.75, 3.05) is 13.2 Å². The van der Waals surface area contributed by atoms with Gasteiger partial charge in [-0.2, -0.15) is 8.42 Å². The molecule has 118 valence electrons. The Balaban J connectivity index is 2.12. The van der Waals surface area contributed by atoms with Crippen molar-refractivity contribution in [2.24, 2.45) is 0 Å². The van der Waals surface area contributed by atoms with E-state index in [2.05, 4.69) is 0 Å². The van der Waals surface area contributed by atoms with E-state index in [1.54, 1.807) is 26.0 Å². The lowest BCUT2D eigenvalue weighted by Crippen LogP contribution is -2.37. The summed E-state index contributed by atoms with van der Waals surface area (Å²) in [6.07, 6.45) is -1.64. The molecule has 0 unspecified atom stereocenters. The van der Waals surface area contributed by atoms with E-state index in [-0.39, 0.29) is 11.5 Å². The minimum Gasteiger partial charge on any atom is -0.394 e. The first kappa shape index (κ1) is 16.4. The second-order valence-electron chi connectivity index (χ2n) is 5.45. The van der Waals surface area contributed by atoms with Gasteiger partial charge in [0.15, 0.2) is 5.79 Å². The summed E-state index contributed by atoms with van der Waals surface area (Å²) in [6.45, 7) is 4.99. The smallest absolute Gasteiger partial charge is 0.297 e. The predicted molar refractivity (Wildman–Crippen MR) is 75.2 cm³/mol. The lowest BCUT2D eigenvalue weighted by Gasteiger charge is -2.22. The zero-order valence-corrected chi connectivity index (χ0v) is 13.1.